The molecule has 2 aromatic rings. The van der Waals surface area contributed by atoms with E-state index >= 15 is 0 Å². The number of carbonyl (C=O) groups excluding carboxylic acids is 1. The fourth-order valence-electron chi connectivity index (χ4n) is 2.92. The molecule has 1 aromatic carbocycles. The fraction of sp³-hybridized carbons (Fsp3) is 0.524. The van der Waals surface area contributed by atoms with Crippen LogP contribution >= 0.6 is 11.8 Å². The van der Waals surface area contributed by atoms with Crippen molar-refractivity contribution in [3.63, 3.8) is 0 Å². The molecule has 0 unspecified atom stereocenters. The third-order valence-corrected chi connectivity index (χ3v) is 5.73. The van der Waals surface area contributed by atoms with Crippen molar-refractivity contribution in [1.29, 1.82) is 0 Å². The second kappa shape index (κ2) is 11.0. The van der Waals surface area contributed by atoms with Crippen LogP contribution in [0.15, 0.2) is 17.3 Å². The number of nitrogens with one attached hydrogen (secondary N) is 1. The Morgan fingerprint density at radius 1 is 1.10 bits per heavy atom. The number of rotatable bonds is 11. The van der Waals surface area contributed by atoms with Gasteiger partial charge in [-0.3, -0.25) is 4.79 Å². The summed E-state index contributed by atoms with van der Waals surface area (Å²) >= 11 is 1.46. The molecule has 2 rings (SSSR count). The molecule has 0 saturated carbocycles. The molecule has 8 heteroatoms. The molecule has 0 saturated heterocycles. The van der Waals surface area contributed by atoms with E-state index in [1.807, 2.05) is 13.0 Å². The number of hydrogen-bond donors (Lipinski definition) is 1. The quantitative estimate of drug-likeness (QED) is 0.557. The topological polar surface area (TPSA) is 74.6 Å². The first-order valence-corrected chi connectivity index (χ1v) is 10.7. The van der Waals surface area contributed by atoms with E-state index in [4.69, 9.17) is 14.2 Å². The Kier molecular flexibility index (Phi) is 8.70. The van der Waals surface area contributed by atoms with Crippen LogP contribution < -0.4 is 19.5 Å². The number of ether oxygens (including phenoxy) is 3. The van der Waals surface area contributed by atoms with Gasteiger partial charge in [0.1, 0.15) is 5.75 Å². The zero-order chi connectivity index (χ0) is 21.4. The third-order valence-electron chi connectivity index (χ3n) is 4.75. The molecule has 1 heterocycles. The van der Waals surface area contributed by atoms with Crippen molar-refractivity contribution in [2.45, 2.75) is 51.9 Å². The summed E-state index contributed by atoms with van der Waals surface area (Å²) in [4.78, 5) is 17.0. The second-order valence-corrected chi connectivity index (χ2v) is 7.60. The average Bonchev–Trinajstić information content (AvgIpc) is 3.01. The summed E-state index contributed by atoms with van der Waals surface area (Å²) in [5, 5.41) is 3.84. The van der Waals surface area contributed by atoms with E-state index < -0.39 is 0 Å². The van der Waals surface area contributed by atoms with Crippen molar-refractivity contribution >= 4 is 17.7 Å². The largest absolute Gasteiger partial charge is 0.496 e. The summed E-state index contributed by atoms with van der Waals surface area (Å²) in [5.41, 5.74) is 3.00. The molecule has 29 heavy (non-hydrogen) atoms. The molecule has 7 nitrogen and oxygen atoms in total. The summed E-state index contributed by atoms with van der Waals surface area (Å²) in [5.74, 6) is 2.05. The zero-order valence-corrected chi connectivity index (χ0v) is 18.9. The van der Waals surface area contributed by atoms with Gasteiger partial charge in [-0.25, -0.2) is 4.98 Å². The Hall–Kier alpha value is -2.35. The third kappa shape index (κ3) is 5.82. The lowest BCUT2D eigenvalue weighted by atomic mass is 10.1. The first-order valence-electron chi connectivity index (χ1n) is 9.67. The Morgan fingerprint density at radius 3 is 2.38 bits per heavy atom. The maximum Gasteiger partial charge on any atom is 0.230 e. The Balaban J connectivity index is 2.00. The molecule has 160 valence electrons. The van der Waals surface area contributed by atoms with Crippen molar-refractivity contribution in [2.24, 2.45) is 0 Å². The number of hydrogen-bond acceptors (Lipinski definition) is 6. The van der Waals surface area contributed by atoms with Crippen molar-refractivity contribution in [1.82, 2.24) is 14.9 Å². The maximum absolute atomic E-state index is 12.4. The summed E-state index contributed by atoms with van der Waals surface area (Å²) < 4.78 is 18.2. The van der Waals surface area contributed by atoms with Gasteiger partial charge in [-0.05, 0) is 26.3 Å². The van der Waals surface area contributed by atoms with Gasteiger partial charge >= 0.3 is 0 Å². The predicted molar refractivity (Wildman–Crippen MR) is 115 cm³/mol. The standard InChI is InChI=1S/C21H31N3O4S/c1-7-8-9-24-15(3)14(2)23-21(24)29-13-20(25)22-12-16-10-18(27-5)19(28-6)11-17(16)26-4/h10-11H,7-9,12-13H2,1-6H3,(H,22,25). The molecule has 0 radical (unpaired) electrons. The number of amides is 1. The molecule has 1 amide bonds. The van der Waals surface area contributed by atoms with Crippen LogP contribution in [0.4, 0.5) is 0 Å². The van der Waals surface area contributed by atoms with Crippen molar-refractivity contribution < 1.29 is 19.0 Å². The number of methoxy groups -OCH3 is 3. The number of carbonyl (C=O) groups is 1. The molecule has 0 aliphatic heterocycles. The highest BCUT2D eigenvalue weighted by molar-refractivity contribution is 7.99. The van der Waals surface area contributed by atoms with Gasteiger partial charge in [0.2, 0.25) is 5.91 Å². The van der Waals surface area contributed by atoms with Crippen LogP contribution in [0.5, 0.6) is 17.2 Å². The molecule has 0 aliphatic carbocycles. The van der Waals surface area contributed by atoms with E-state index in [2.05, 4.69) is 28.7 Å². The summed E-state index contributed by atoms with van der Waals surface area (Å²) in [6, 6.07) is 3.57. The van der Waals surface area contributed by atoms with Gasteiger partial charge in [-0.2, -0.15) is 0 Å². The monoisotopic (exact) mass is 421 g/mol. The normalized spacial score (nSPS) is 10.7. The SMILES string of the molecule is CCCCn1c(SCC(=O)NCc2cc(OC)c(OC)cc2OC)nc(C)c1C. The van der Waals surface area contributed by atoms with Gasteiger partial charge in [-0.15, -0.1) is 0 Å². The summed E-state index contributed by atoms with van der Waals surface area (Å²) in [7, 11) is 4.74. The van der Waals surface area contributed by atoms with Crippen LogP contribution in [0.3, 0.4) is 0 Å². The van der Waals surface area contributed by atoms with E-state index in [1.165, 1.54) is 11.8 Å². The van der Waals surface area contributed by atoms with E-state index in [0.717, 1.165) is 41.5 Å². The highest BCUT2D eigenvalue weighted by Gasteiger charge is 2.15. The average molecular weight is 422 g/mol. The minimum absolute atomic E-state index is 0.0628. The summed E-state index contributed by atoms with van der Waals surface area (Å²) in [6.07, 6.45) is 2.21. The maximum atomic E-state index is 12.4. The Morgan fingerprint density at radius 2 is 1.76 bits per heavy atom. The van der Waals surface area contributed by atoms with E-state index in [1.54, 1.807) is 27.4 Å². The minimum Gasteiger partial charge on any atom is -0.496 e. The number of benzene rings is 1. The highest BCUT2D eigenvalue weighted by Crippen LogP contribution is 2.34. The smallest absolute Gasteiger partial charge is 0.230 e. The molecule has 1 N–H and O–H groups in total. The number of unbranched alkanes of at least 4 members (excludes halogenated alkanes) is 1. The molecule has 0 atom stereocenters. The van der Waals surface area contributed by atoms with Gasteiger partial charge in [0.25, 0.3) is 0 Å². The number of nitrogens with zero attached hydrogens (tertiary/aromatic N) is 2. The number of thioether (sulfide) groups is 1. The van der Waals surface area contributed by atoms with Gasteiger partial charge in [0, 0.05) is 30.4 Å². The molecule has 1 aromatic heterocycles. The lowest BCUT2D eigenvalue weighted by Gasteiger charge is -2.14. The van der Waals surface area contributed by atoms with E-state index in [9.17, 15) is 4.79 Å². The number of aromatic nitrogens is 2. The minimum atomic E-state index is -0.0628. The number of imidazole rings is 1. The Bertz CT molecular complexity index is 836. The Labute approximate surface area is 177 Å². The van der Waals surface area contributed by atoms with Crippen molar-refractivity contribution in [3.05, 3.63) is 29.1 Å². The van der Waals surface area contributed by atoms with Gasteiger partial charge < -0.3 is 24.1 Å². The van der Waals surface area contributed by atoms with Crippen LogP contribution in [-0.4, -0.2) is 42.5 Å². The van der Waals surface area contributed by atoms with Crippen molar-refractivity contribution in [3.8, 4) is 17.2 Å². The predicted octanol–water partition coefficient (Wildman–Crippen LogP) is 3.73. The van der Waals surface area contributed by atoms with Crippen LogP contribution in [-0.2, 0) is 17.9 Å². The highest BCUT2D eigenvalue weighted by atomic mass is 32.2. The first-order chi connectivity index (χ1) is 13.9. The zero-order valence-electron chi connectivity index (χ0n) is 18.1. The molecular formula is C21H31N3O4S. The van der Waals surface area contributed by atoms with Gasteiger partial charge in [0.15, 0.2) is 16.7 Å². The molecule has 0 fully saturated rings. The van der Waals surface area contributed by atoms with Gasteiger partial charge in [-0.1, -0.05) is 25.1 Å². The van der Waals surface area contributed by atoms with E-state index in [-0.39, 0.29) is 5.91 Å². The van der Waals surface area contributed by atoms with Crippen molar-refractivity contribution in [2.75, 3.05) is 27.1 Å². The molecule has 0 bridgehead atoms. The van der Waals surface area contributed by atoms with E-state index in [0.29, 0.717) is 29.5 Å². The van der Waals surface area contributed by atoms with Gasteiger partial charge in [0.05, 0.1) is 32.8 Å². The van der Waals surface area contributed by atoms with Crippen LogP contribution in [0.2, 0.25) is 0 Å². The molecule has 0 spiro atoms. The first kappa shape index (κ1) is 22.9. The number of aryl methyl sites for hydroxylation is 1. The summed E-state index contributed by atoms with van der Waals surface area (Å²) in [6.45, 7) is 7.51. The lowest BCUT2D eigenvalue weighted by molar-refractivity contribution is -0.118. The lowest BCUT2D eigenvalue weighted by Crippen LogP contribution is -2.25. The second-order valence-electron chi connectivity index (χ2n) is 6.65. The molecule has 0 aliphatic rings. The van der Waals surface area contributed by atoms with Crippen LogP contribution in [0.1, 0.15) is 36.7 Å². The van der Waals surface area contributed by atoms with Crippen LogP contribution in [0, 0.1) is 13.8 Å². The van der Waals surface area contributed by atoms with Crippen LogP contribution in [0.25, 0.3) is 0 Å². The fourth-order valence-corrected chi connectivity index (χ4v) is 3.87. The molecular weight excluding hydrogens is 390 g/mol.